The van der Waals surface area contributed by atoms with Crippen LogP contribution in [0, 0.1) is 17.6 Å². The van der Waals surface area contributed by atoms with Gasteiger partial charge in [-0.2, -0.15) is 0 Å². The molecule has 0 amide bonds. The Morgan fingerprint density at radius 2 is 2.25 bits per heavy atom. The lowest BCUT2D eigenvalue weighted by Crippen LogP contribution is -2.32. The molecule has 0 bridgehead atoms. The van der Waals surface area contributed by atoms with Crippen LogP contribution in [0.25, 0.3) is 0 Å². The first-order valence-electron chi connectivity index (χ1n) is 5.44. The summed E-state index contributed by atoms with van der Waals surface area (Å²) in [5, 5.41) is 0. The molecular formula is C12H15F2NO. The van der Waals surface area contributed by atoms with Gasteiger partial charge in [-0.15, -0.1) is 0 Å². The molecule has 0 aromatic heterocycles. The van der Waals surface area contributed by atoms with Gasteiger partial charge in [0.25, 0.3) is 0 Å². The topological polar surface area (TPSA) is 35.2 Å². The minimum Gasteiger partial charge on any atom is -0.381 e. The second kappa shape index (κ2) is 4.89. The molecule has 0 aliphatic carbocycles. The van der Waals surface area contributed by atoms with Crippen LogP contribution in [-0.4, -0.2) is 19.3 Å². The molecule has 2 atom stereocenters. The van der Waals surface area contributed by atoms with E-state index in [1.54, 1.807) is 6.07 Å². The van der Waals surface area contributed by atoms with Crippen molar-refractivity contribution in [3.63, 3.8) is 0 Å². The zero-order valence-electron chi connectivity index (χ0n) is 8.96. The van der Waals surface area contributed by atoms with Crippen LogP contribution >= 0.6 is 0 Å². The summed E-state index contributed by atoms with van der Waals surface area (Å²) in [5.41, 5.74) is 6.31. The highest BCUT2D eigenvalue weighted by Crippen LogP contribution is 2.20. The summed E-state index contributed by atoms with van der Waals surface area (Å²) in [4.78, 5) is 0. The fourth-order valence-corrected chi connectivity index (χ4v) is 2.02. The van der Waals surface area contributed by atoms with Crippen LogP contribution in [0.1, 0.15) is 12.0 Å². The van der Waals surface area contributed by atoms with Gasteiger partial charge < -0.3 is 10.5 Å². The quantitative estimate of drug-likeness (QED) is 0.855. The van der Waals surface area contributed by atoms with Crippen molar-refractivity contribution in [2.75, 3.05) is 13.2 Å². The zero-order chi connectivity index (χ0) is 11.5. The summed E-state index contributed by atoms with van der Waals surface area (Å²) >= 11 is 0. The van der Waals surface area contributed by atoms with E-state index in [1.807, 2.05) is 0 Å². The third-order valence-corrected chi connectivity index (χ3v) is 3.06. The lowest BCUT2D eigenvalue weighted by atomic mass is 9.93. The van der Waals surface area contributed by atoms with Crippen molar-refractivity contribution in [3.8, 4) is 0 Å². The van der Waals surface area contributed by atoms with E-state index in [2.05, 4.69) is 0 Å². The van der Waals surface area contributed by atoms with Crippen molar-refractivity contribution in [2.24, 2.45) is 11.7 Å². The molecule has 2 unspecified atom stereocenters. The van der Waals surface area contributed by atoms with Gasteiger partial charge in [0.2, 0.25) is 0 Å². The molecule has 88 valence electrons. The molecule has 1 fully saturated rings. The fraction of sp³-hybridized carbons (Fsp3) is 0.500. The minimum absolute atomic E-state index is 0.168. The standard InChI is InChI=1S/C12H15F2NO/c13-10-3-1-2-8(12(10)14)6-11(15)9-4-5-16-7-9/h1-3,9,11H,4-7,15H2. The summed E-state index contributed by atoms with van der Waals surface area (Å²) in [6.07, 6.45) is 1.26. The Balaban J connectivity index is 2.05. The lowest BCUT2D eigenvalue weighted by molar-refractivity contribution is 0.180. The second-order valence-electron chi connectivity index (χ2n) is 4.20. The van der Waals surface area contributed by atoms with Gasteiger partial charge in [0.15, 0.2) is 11.6 Å². The average molecular weight is 227 g/mol. The van der Waals surface area contributed by atoms with Crippen LogP contribution in [0.3, 0.4) is 0 Å². The monoisotopic (exact) mass is 227 g/mol. The number of halogens is 2. The number of rotatable bonds is 3. The first kappa shape index (κ1) is 11.5. The van der Waals surface area contributed by atoms with Gasteiger partial charge in [-0.3, -0.25) is 0 Å². The van der Waals surface area contributed by atoms with Crippen molar-refractivity contribution in [2.45, 2.75) is 18.9 Å². The van der Waals surface area contributed by atoms with Gasteiger partial charge in [-0.1, -0.05) is 12.1 Å². The molecule has 0 radical (unpaired) electrons. The molecule has 16 heavy (non-hydrogen) atoms. The minimum atomic E-state index is -0.813. The molecule has 4 heteroatoms. The van der Waals surface area contributed by atoms with E-state index in [-0.39, 0.29) is 12.0 Å². The first-order valence-corrected chi connectivity index (χ1v) is 5.44. The predicted octanol–water partition coefficient (Wildman–Crippen LogP) is 1.87. The van der Waals surface area contributed by atoms with Crippen LogP contribution in [-0.2, 0) is 11.2 Å². The maximum Gasteiger partial charge on any atom is 0.162 e. The number of hydrogen-bond acceptors (Lipinski definition) is 2. The summed E-state index contributed by atoms with van der Waals surface area (Å²) < 4.78 is 31.6. The second-order valence-corrected chi connectivity index (χ2v) is 4.20. The molecule has 1 aromatic rings. The molecule has 2 N–H and O–H groups in total. The highest BCUT2D eigenvalue weighted by Gasteiger charge is 2.24. The predicted molar refractivity (Wildman–Crippen MR) is 57.0 cm³/mol. The van der Waals surface area contributed by atoms with Gasteiger partial charge in [-0.25, -0.2) is 8.78 Å². The molecule has 2 rings (SSSR count). The van der Waals surface area contributed by atoms with Crippen molar-refractivity contribution < 1.29 is 13.5 Å². The highest BCUT2D eigenvalue weighted by molar-refractivity contribution is 5.20. The normalized spacial score (nSPS) is 22.3. The van der Waals surface area contributed by atoms with Crippen LogP contribution < -0.4 is 5.73 Å². The van der Waals surface area contributed by atoms with Gasteiger partial charge >= 0.3 is 0 Å². The SMILES string of the molecule is NC(Cc1cccc(F)c1F)C1CCOC1. The van der Waals surface area contributed by atoms with Gasteiger partial charge in [0.05, 0.1) is 6.61 Å². The largest absolute Gasteiger partial charge is 0.381 e. The highest BCUT2D eigenvalue weighted by atomic mass is 19.2. The van der Waals surface area contributed by atoms with E-state index in [1.165, 1.54) is 6.07 Å². The van der Waals surface area contributed by atoms with Crippen molar-refractivity contribution in [3.05, 3.63) is 35.4 Å². The van der Waals surface area contributed by atoms with E-state index in [0.717, 1.165) is 12.5 Å². The summed E-state index contributed by atoms with van der Waals surface area (Å²) in [6, 6.07) is 4.03. The molecule has 1 saturated heterocycles. The molecule has 0 spiro atoms. The van der Waals surface area contributed by atoms with Crippen LogP contribution in [0.2, 0.25) is 0 Å². The maximum absolute atomic E-state index is 13.4. The Morgan fingerprint density at radius 1 is 1.44 bits per heavy atom. The van der Waals surface area contributed by atoms with Crippen LogP contribution in [0.15, 0.2) is 18.2 Å². The molecule has 1 aromatic carbocycles. The Bertz CT molecular complexity index is 364. The summed E-state index contributed by atoms with van der Waals surface area (Å²) in [5.74, 6) is -1.34. The Kier molecular flexibility index (Phi) is 3.51. The Labute approximate surface area is 93.4 Å². The Morgan fingerprint density at radius 3 is 2.94 bits per heavy atom. The third kappa shape index (κ3) is 2.39. The molecular weight excluding hydrogens is 212 g/mol. The molecule has 1 aliphatic rings. The van der Waals surface area contributed by atoms with Crippen molar-refractivity contribution >= 4 is 0 Å². The van der Waals surface area contributed by atoms with Crippen LogP contribution in [0.5, 0.6) is 0 Å². The van der Waals surface area contributed by atoms with E-state index >= 15 is 0 Å². The lowest BCUT2D eigenvalue weighted by Gasteiger charge is -2.17. The average Bonchev–Trinajstić information content (AvgIpc) is 2.78. The maximum atomic E-state index is 13.4. The van der Waals surface area contributed by atoms with Gasteiger partial charge in [0, 0.05) is 12.6 Å². The van der Waals surface area contributed by atoms with Crippen LogP contribution in [0.4, 0.5) is 8.78 Å². The number of benzene rings is 1. The smallest absolute Gasteiger partial charge is 0.162 e. The third-order valence-electron chi connectivity index (χ3n) is 3.06. The molecule has 1 heterocycles. The summed E-state index contributed by atoms with van der Waals surface area (Å²) in [6.45, 7) is 1.34. The van der Waals surface area contributed by atoms with Crippen molar-refractivity contribution in [1.29, 1.82) is 0 Å². The fourth-order valence-electron chi connectivity index (χ4n) is 2.02. The molecule has 2 nitrogen and oxygen atoms in total. The number of nitrogens with two attached hydrogens (primary N) is 1. The van der Waals surface area contributed by atoms with E-state index < -0.39 is 11.6 Å². The summed E-state index contributed by atoms with van der Waals surface area (Å²) in [7, 11) is 0. The first-order chi connectivity index (χ1) is 7.68. The van der Waals surface area contributed by atoms with Gasteiger partial charge in [0.1, 0.15) is 0 Å². The van der Waals surface area contributed by atoms with E-state index in [4.69, 9.17) is 10.5 Å². The van der Waals surface area contributed by atoms with E-state index in [9.17, 15) is 8.78 Å². The molecule has 1 aliphatic heterocycles. The molecule has 0 saturated carbocycles. The van der Waals surface area contributed by atoms with E-state index in [0.29, 0.717) is 25.2 Å². The van der Waals surface area contributed by atoms with Gasteiger partial charge in [-0.05, 0) is 30.4 Å². The Hall–Kier alpha value is -1.00. The van der Waals surface area contributed by atoms with Crippen molar-refractivity contribution in [1.82, 2.24) is 0 Å². The number of ether oxygens (including phenoxy) is 1. The zero-order valence-corrected chi connectivity index (χ0v) is 8.96. The number of hydrogen-bond donors (Lipinski definition) is 1.